The minimum absolute atomic E-state index is 0.0391. The topological polar surface area (TPSA) is 106 Å². The molecule has 218 valence electrons. The molecule has 3 N–H and O–H groups in total. The molecule has 3 heterocycles. The lowest BCUT2D eigenvalue weighted by Crippen LogP contribution is -2.50. The number of anilines is 1. The van der Waals surface area contributed by atoms with Crippen molar-refractivity contribution in [3.05, 3.63) is 53.8 Å². The Balaban J connectivity index is 1.23. The number of halogens is 3. The fourth-order valence-electron chi connectivity index (χ4n) is 5.57. The van der Waals surface area contributed by atoms with Gasteiger partial charge in [0.15, 0.2) is 0 Å². The summed E-state index contributed by atoms with van der Waals surface area (Å²) >= 11 is 6.47. The average molecular weight is 586 g/mol. The zero-order valence-corrected chi connectivity index (χ0v) is 23.8. The summed E-state index contributed by atoms with van der Waals surface area (Å²) in [5, 5.41) is 7.72. The standard InChI is InChI=1S/C29H34ClF2N7O2/c1-38(2)12-6-11-25(40)39-17-29(31,32)14-24(39)27(41)35-18-7-5-8-19(13-18)36-28-34-16-22(30)26(37-28)21-15-33-23-10-4-3-9-20(21)23/h3-4,6,9-11,15-16,18-19,24,33H,5,7-8,12-14,17H2,1-2H3,(H,35,41)(H,34,36,37)/b11-6+/t18-,19+,24-/m0/s1. The van der Waals surface area contributed by atoms with Gasteiger partial charge in [-0.15, -0.1) is 0 Å². The number of carbonyl (C=O) groups is 2. The molecule has 3 atom stereocenters. The number of nitrogens with zero attached hydrogens (tertiary/aromatic N) is 4. The molecule has 2 amide bonds. The van der Waals surface area contributed by atoms with Crippen molar-refractivity contribution < 1.29 is 18.4 Å². The monoisotopic (exact) mass is 585 g/mol. The van der Waals surface area contributed by atoms with Crippen LogP contribution in [0.3, 0.4) is 0 Å². The van der Waals surface area contributed by atoms with E-state index in [1.54, 1.807) is 12.3 Å². The maximum absolute atomic E-state index is 14.3. The van der Waals surface area contributed by atoms with Crippen LogP contribution in [0.4, 0.5) is 14.7 Å². The predicted molar refractivity (Wildman–Crippen MR) is 155 cm³/mol. The number of alkyl halides is 2. The van der Waals surface area contributed by atoms with Gasteiger partial charge in [0.05, 0.1) is 23.5 Å². The van der Waals surface area contributed by atoms with Gasteiger partial charge in [0, 0.05) is 53.8 Å². The average Bonchev–Trinajstić information content (AvgIpc) is 3.50. The number of rotatable bonds is 8. The number of hydrogen-bond acceptors (Lipinski definition) is 6. The van der Waals surface area contributed by atoms with E-state index in [1.807, 2.05) is 49.5 Å². The van der Waals surface area contributed by atoms with Gasteiger partial charge >= 0.3 is 0 Å². The first-order chi connectivity index (χ1) is 19.6. The SMILES string of the molecule is CN(C)C/C=C/C(=O)N1CC(F)(F)C[C@H]1C(=O)N[C@H]1CCC[C@@H](Nc2ncc(Cl)c(-c3c[nH]c4ccccc34)n2)C1. The summed E-state index contributed by atoms with van der Waals surface area (Å²) in [6, 6.07) is 6.39. The highest BCUT2D eigenvalue weighted by Crippen LogP contribution is 2.34. The second kappa shape index (κ2) is 12.1. The zero-order valence-electron chi connectivity index (χ0n) is 23.0. The lowest BCUT2D eigenvalue weighted by molar-refractivity contribution is -0.135. The molecule has 1 aliphatic carbocycles. The van der Waals surface area contributed by atoms with Gasteiger partial charge in [-0.2, -0.15) is 0 Å². The van der Waals surface area contributed by atoms with E-state index in [1.165, 1.54) is 6.08 Å². The fourth-order valence-corrected chi connectivity index (χ4v) is 5.76. The van der Waals surface area contributed by atoms with Gasteiger partial charge in [-0.05, 0) is 45.8 Å². The maximum Gasteiger partial charge on any atom is 0.267 e. The van der Waals surface area contributed by atoms with Crippen LogP contribution in [0.5, 0.6) is 0 Å². The molecule has 1 aliphatic heterocycles. The summed E-state index contributed by atoms with van der Waals surface area (Å²) in [6.45, 7) is -0.276. The van der Waals surface area contributed by atoms with Crippen molar-refractivity contribution in [3.63, 3.8) is 0 Å². The van der Waals surface area contributed by atoms with E-state index < -0.39 is 36.7 Å². The largest absolute Gasteiger partial charge is 0.360 e. The van der Waals surface area contributed by atoms with Crippen LogP contribution in [0.2, 0.25) is 5.02 Å². The van der Waals surface area contributed by atoms with Crippen LogP contribution in [0, 0.1) is 0 Å². The van der Waals surface area contributed by atoms with E-state index in [4.69, 9.17) is 16.6 Å². The summed E-state index contributed by atoms with van der Waals surface area (Å²) in [7, 11) is 3.67. The van der Waals surface area contributed by atoms with Gasteiger partial charge in [0.2, 0.25) is 17.8 Å². The van der Waals surface area contributed by atoms with Crippen LogP contribution in [-0.4, -0.2) is 87.8 Å². The molecular formula is C29H34ClF2N7O2. The van der Waals surface area contributed by atoms with Crippen molar-refractivity contribution in [3.8, 4) is 11.3 Å². The number of fused-ring (bicyclic) bond motifs is 1. The number of likely N-dealkylation sites (N-methyl/N-ethyl adjacent to an activating group) is 1. The van der Waals surface area contributed by atoms with Crippen molar-refractivity contribution in [2.75, 3.05) is 32.5 Å². The minimum atomic E-state index is -3.11. The van der Waals surface area contributed by atoms with Gasteiger partial charge in [0.25, 0.3) is 5.92 Å². The minimum Gasteiger partial charge on any atom is -0.360 e. The molecule has 12 heteroatoms. The number of aromatic amines is 1. The number of carbonyl (C=O) groups excluding carboxylic acids is 2. The van der Waals surface area contributed by atoms with Gasteiger partial charge in [-0.25, -0.2) is 18.7 Å². The van der Waals surface area contributed by atoms with E-state index in [0.717, 1.165) is 34.2 Å². The highest BCUT2D eigenvalue weighted by Gasteiger charge is 2.49. The molecule has 2 aliphatic rings. The number of H-pyrrole nitrogens is 1. The second-order valence-electron chi connectivity index (χ2n) is 11.1. The molecule has 0 spiro atoms. The highest BCUT2D eigenvalue weighted by molar-refractivity contribution is 6.33. The lowest BCUT2D eigenvalue weighted by Gasteiger charge is -2.32. The Bertz CT molecular complexity index is 1440. The molecule has 5 rings (SSSR count). The molecule has 2 fully saturated rings. The summed E-state index contributed by atoms with van der Waals surface area (Å²) in [5.74, 6) is -3.83. The van der Waals surface area contributed by atoms with Crippen LogP contribution >= 0.6 is 11.6 Å². The van der Waals surface area contributed by atoms with E-state index >= 15 is 0 Å². The normalized spacial score (nSPS) is 22.5. The molecule has 0 unspecified atom stereocenters. The summed E-state index contributed by atoms with van der Waals surface area (Å²) < 4.78 is 28.6. The van der Waals surface area contributed by atoms with Gasteiger partial charge in [-0.1, -0.05) is 35.9 Å². The third-order valence-electron chi connectivity index (χ3n) is 7.53. The number of para-hydroxylation sites is 1. The van der Waals surface area contributed by atoms with Crippen LogP contribution in [0.25, 0.3) is 22.2 Å². The fraction of sp³-hybridized carbons (Fsp3) is 0.448. The van der Waals surface area contributed by atoms with E-state index in [9.17, 15) is 18.4 Å². The molecule has 1 saturated carbocycles. The number of nitrogens with one attached hydrogen (secondary N) is 3. The van der Waals surface area contributed by atoms with Crippen molar-refractivity contribution in [1.82, 2.24) is 30.1 Å². The Morgan fingerprint density at radius 2 is 2.02 bits per heavy atom. The first-order valence-corrected chi connectivity index (χ1v) is 14.1. The van der Waals surface area contributed by atoms with Crippen molar-refractivity contribution >= 4 is 40.3 Å². The quantitative estimate of drug-likeness (QED) is 0.337. The van der Waals surface area contributed by atoms with Crippen LogP contribution < -0.4 is 10.6 Å². The van der Waals surface area contributed by atoms with Crippen molar-refractivity contribution in [2.24, 2.45) is 0 Å². The molecule has 1 saturated heterocycles. The second-order valence-corrected chi connectivity index (χ2v) is 11.5. The van der Waals surface area contributed by atoms with Gasteiger partial charge in [-0.3, -0.25) is 9.59 Å². The van der Waals surface area contributed by atoms with Gasteiger partial charge < -0.3 is 25.4 Å². The predicted octanol–water partition coefficient (Wildman–Crippen LogP) is 4.47. The Kier molecular flexibility index (Phi) is 8.55. The lowest BCUT2D eigenvalue weighted by atomic mass is 9.90. The number of likely N-dealkylation sites (tertiary alicyclic amines) is 1. The summed E-state index contributed by atoms with van der Waals surface area (Å²) in [5.41, 5.74) is 2.45. The Labute approximate surface area is 242 Å². The number of benzene rings is 1. The van der Waals surface area contributed by atoms with Gasteiger partial charge in [0.1, 0.15) is 6.04 Å². The third kappa shape index (κ3) is 6.84. The Hall–Kier alpha value is -3.57. The molecule has 0 radical (unpaired) electrons. The van der Waals surface area contributed by atoms with E-state index in [0.29, 0.717) is 36.1 Å². The van der Waals surface area contributed by atoms with Crippen LogP contribution in [-0.2, 0) is 9.59 Å². The van der Waals surface area contributed by atoms with E-state index in [2.05, 4.69) is 20.6 Å². The van der Waals surface area contributed by atoms with Crippen LogP contribution in [0.1, 0.15) is 32.1 Å². The highest BCUT2D eigenvalue weighted by atomic mass is 35.5. The maximum atomic E-state index is 14.3. The number of aromatic nitrogens is 3. The van der Waals surface area contributed by atoms with Crippen LogP contribution in [0.15, 0.2) is 48.8 Å². The number of amides is 2. The molecular weight excluding hydrogens is 552 g/mol. The Morgan fingerprint density at radius 1 is 1.24 bits per heavy atom. The molecule has 0 bridgehead atoms. The Morgan fingerprint density at radius 3 is 2.83 bits per heavy atom. The molecule has 1 aromatic carbocycles. The molecule has 9 nitrogen and oxygen atoms in total. The first-order valence-electron chi connectivity index (χ1n) is 13.8. The van der Waals surface area contributed by atoms with E-state index in [-0.39, 0.29) is 12.1 Å². The molecule has 2 aromatic heterocycles. The van der Waals surface area contributed by atoms with Crippen molar-refractivity contribution in [2.45, 2.75) is 56.2 Å². The smallest absolute Gasteiger partial charge is 0.267 e. The third-order valence-corrected chi connectivity index (χ3v) is 7.81. The number of hydrogen-bond donors (Lipinski definition) is 3. The summed E-state index contributed by atoms with van der Waals surface area (Å²) in [4.78, 5) is 40.9. The molecule has 3 aromatic rings. The first kappa shape index (κ1) is 28.9. The van der Waals surface area contributed by atoms with Crippen molar-refractivity contribution in [1.29, 1.82) is 0 Å². The summed E-state index contributed by atoms with van der Waals surface area (Å²) in [6.07, 6.45) is 8.56. The molecule has 41 heavy (non-hydrogen) atoms. The zero-order chi connectivity index (χ0) is 29.1.